The second-order valence-electron chi connectivity index (χ2n) is 6.14. The van der Waals surface area contributed by atoms with Gasteiger partial charge >= 0.3 is 0 Å². The van der Waals surface area contributed by atoms with Crippen LogP contribution in [0.4, 0.5) is 0 Å². The smallest absolute Gasteiger partial charge is 0.169 e. The molecule has 3 N–H and O–H groups in total. The van der Waals surface area contributed by atoms with Gasteiger partial charge in [0.15, 0.2) is 11.6 Å². The lowest BCUT2D eigenvalue weighted by Crippen LogP contribution is -2.25. The number of benzene rings is 1. The first kappa shape index (κ1) is 18.3. The Balaban J connectivity index is 1.79. The molecule has 6 nitrogen and oxygen atoms in total. The van der Waals surface area contributed by atoms with Crippen LogP contribution in [0.5, 0.6) is 0 Å². The molecule has 0 bridgehead atoms. The maximum Gasteiger partial charge on any atom is 0.169 e. The number of nitrogens with two attached hydrogens (primary N) is 1. The van der Waals surface area contributed by atoms with Gasteiger partial charge in [-0.25, -0.2) is 0 Å². The number of amidine groups is 1. The topological polar surface area (TPSA) is 93.3 Å². The van der Waals surface area contributed by atoms with Crippen LogP contribution in [0, 0.1) is 6.92 Å². The van der Waals surface area contributed by atoms with E-state index in [1.54, 1.807) is 24.5 Å². The standard InChI is InChI=1S/C21H21N5O/c1-15-8-10-16(11-9-15)20(27)14-19(17-6-2-4-12-23-17)25-26-21(22)18-7-3-5-13-24-18/h2-13,19,25H,14H2,1H3,(H2,22,26). The van der Waals surface area contributed by atoms with E-state index in [9.17, 15) is 4.79 Å². The highest BCUT2D eigenvalue weighted by Gasteiger charge is 2.18. The number of ketones is 1. The Kier molecular flexibility index (Phi) is 5.89. The van der Waals surface area contributed by atoms with Gasteiger partial charge in [0.05, 0.1) is 11.7 Å². The highest BCUT2D eigenvalue weighted by atomic mass is 16.1. The molecule has 0 aliphatic rings. The molecule has 0 radical (unpaired) electrons. The molecule has 1 aromatic carbocycles. The van der Waals surface area contributed by atoms with Gasteiger partial charge in [-0.1, -0.05) is 42.0 Å². The summed E-state index contributed by atoms with van der Waals surface area (Å²) < 4.78 is 0. The third kappa shape index (κ3) is 4.98. The molecule has 3 aromatic rings. The molecule has 6 heteroatoms. The van der Waals surface area contributed by atoms with Crippen LogP contribution in [-0.4, -0.2) is 21.6 Å². The van der Waals surface area contributed by atoms with E-state index in [0.717, 1.165) is 11.3 Å². The molecule has 2 aromatic heterocycles. The molecule has 136 valence electrons. The van der Waals surface area contributed by atoms with E-state index in [0.29, 0.717) is 11.3 Å². The normalized spacial score (nSPS) is 12.4. The van der Waals surface area contributed by atoms with Gasteiger partial charge < -0.3 is 5.73 Å². The molecule has 1 unspecified atom stereocenters. The molecule has 0 fully saturated rings. The van der Waals surface area contributed by atoms with E-state index in [1.807, 2.05) is 55.5 Å². The zero-order chi connectivity index (χ0) is 19.1. The number of rotatable bonds is 7. The fraction of sp³-hybridized carbons (Fsp3) is 0.143. The Bertz CT molecular complexity index is 908. The summed E-state index contributed by atoms with van der Waals surface area (Å²) >= 11 is 0. The number of nitrogens with one attached hydrogen (secondary N) is 1. The van der Waals surface area contributed by atoms with E-state index in [1.165, 1.54) is 0 Å². The third-order valence-electron chi connectivity index (χ3n) is 4.08. The fourth-order valence-electron chi connectivity index (χ4n) is 2.56. The van der Waals surface area contributed by atoms with Crippen molar-refractivity contribution in [3.05, 3.63) is 95.6 Å². The molecule has 2 heterocycles. The molecule has 3 rings (SSSR count). The molecule has 27 heavy (non-hydrogen) atoms. The first-order valence-electron chi connectivity index (χ1n) is 8.64. The monoisotopic (exact) mass is 359 g/mol. The molecule has 1 atom stereocenters. The molecule has 0 amide bonds. The van der Waals surface area contributed by atoms with Gasteiger partial charge in [-0.05, 0) is 31.2 Å². The van der Waals surface area contributed by atoms with Gasteiger partial charge in [-0.15, -0.1) is 0 Å². The maximum atomic E-state index is 12.7. The first-order chi connectivity index (χ1) is 13.1. The van der Waals surface area contributed by atoms with Crippen LogP contribution in [-0.2, 0) is 0 Å². The van der Waals surface area contributed by atoms with Crippen LogP contribution in [0.1, 0.15) is 39.8 Å². The van der Waals surface area contributed by atoms with Crippen molar-refractivity contribution in [1.82, 2.24) is 15.4 Å². The van der Waals surface area contributed by atoms with Crippen molar-refractivity contribution < 1.29 is 4.79 Å². The predicted octanol–water partition coefficient (Wildman–Crippen LogP) is 3.01. The van der Waals surface area contributed by atoms with Crippen molar-refractivity contribution >= 4 is 11.6 Å². The summed E-state index contributed by atoms with van der Waals surface area (Å²) in [7, 11) is 0. The summed E-state index contributed by atoms with van der Waals surface area (Å²) in [6.45, 7) is 1.99. The van der Waals surface area contributed by atoms with Gasteiger partial charge in [0.2, 0.25) is 0 Å². The number of hydrazone groups is 1. The van der Waals surface area contributed by atoms with Gasteiger partial charge in [-0.2, -0.15) is 5.10 Å². The number of carbonyl (C=O) groups excluding carboxylic acids is 1. The van der Waals surface area contributed by atoms with Crippen molar-refractivity contribution in [3.8, 4) is 0 Å². The Hall–Kier alpha value is -3.54. The largest absolute Gasteiger partial charge is 0.380 e. The maximum absolute atomic E-state index is 12.7. The molecular weight excluding hydrogens is 338 g/mol. The Morgan fingerprint density at radius 3 is 2.37 bits per heavy atom. The summed E-state index contributed by atoms with van der Waals surface area (Å²) in [6, 6.07) is 18.1. The number of aromatic nitrogens is 2. The number of carbonyl (C=O) groups is 1. The van der Waals surface area contributed by atoms with E-state index in [2.05, 4.69) is 20.5 Å². The van der Waals surface area contributed by atoms with E-state index < -0.39 is 6.04 Å². The minimum atomic E-state index is -0.401. The summed E-state index contributed by atoms with van der Waals surface area (Å²) in [6.07, 6.45) is 3.54. The highest BCUT2D eigenvalue weighted by molar-refractivity contribution is 5.97. The van der Waals surface area contributed by atoms with Gasteiger partial charge in [-0.3, -0.25) is 20.2 Å². The van der Waals surface area contributed by atoms with Gasteiger partial charge in [0.1, 0.15) is 5.69 Å². The molecule has 0 saturated heterocycles. The van der Waals surface area contributed by atoms with Crippen LogP contribution in [0.3, 0.4) is 0 Å². The average Bonchev–Trinajstić information content (AvgIpc) is 2.72. The highest BCUT2D eigenvalue weighted by Crippen LogP contribution is 2.18. The minimum absolute atomic E-state index is 0.00441. The fourth-order valence-corrected chi connectivity index (χ4v) is 2.56. The molecule has 0 aliphatic heterocycles. The van der Waals surface area contributed by atoms with Gasteiger partial charge in [0.25, 0.3) is 0 Å². The summed E-state index contributed by atoms with van der Waals surface area (Å²) in [4.78, 5) is 21.2. The lowest BCUT2D eigenvalue weighted by atomic mass is 10.0. The summed E-state index contributed by atoms with van der Waals surface area (Å²) in [5.41, 5.74) is 12.0. The van der Waals surface area contributed by atoms with Crippen molar-refractivity contribution in [1.29, 1.82) is 0 Å². The molecule has 0 saturated carbocycles. The lowest BCUT2D eigenvalue weighted by Gasteiger charge is -2.16. The minimum Gasteiger partial charge on any atom is -0.380 e. The van der Waals surface area contributed by atoms with Crippen molar-refractivity contribution in [3.63, 3.8) is 0 Å². The number of hydrogen-bond acceptors (Lipinski definition) is 5. The number of nitrogens with zero attached hydrogens (tertiary/aromatic N) is 3. The summed E-state index contributed by atoms with van der Waals surface area (Å²) in [5.74, 6) is 0.254. The van der Waals surface area contributed by atoms with E-state index in [4.69, 9.17) is 5.73 Å². The van der Waals surface area contributed by atoms with Crippen molar-refractivity contribution in [2.75, 3.05) is 0 Å². The van der Waals surface area contributed by atoms with Gasteiger partial charge in [0, 0.05) is 24.4 Å². The zero-order valence-corrected chi connectivity index (χ0v) is 15.0. The van der Waals surface area contributed by atoms with Crippen molar-refractivity contribution in [2.24, 2.45) is 10.8 Å². The van der Waals surface area contributed by atoms with E-state index in [-0.39, 0.29) is 18.0 Å². The SMILES string of the molecule is Cc1ccc(C(=O)CC(N/N=C(\N)c2ccccn2)c2ccccn2)cc1. The first-order valence-corrected chi connectivity index (χ1v) is 8.64. The predicted molar refractivity (Wildman–Crippen MR) is 105 cm³/mol. The third-order valence-corrected chi connectivity index (χ3v) is 4.08. The molecule has 0 spiro atoms. The Labute approximate surface area is 158 Å². The second kappa shape index (κ2) is 8.71. The number of aryl methyl sites for hydroxylation is 1. The van der Waals surface area contributed by atoms with Crippen LogP contribution in [0.15, 0.2) is 78.2 Å². The summed E-state index contributed by atoms with van der Waals surface area (Å²) in [5, 5.41) is 4.22. The number of pyridine rings is 2. The lowest BCUT2D eigenvalue weighted by molar-refractivity contribution is 0.0968. The van der Waals surface area contributed by atoms with Crippen LogP contribution in [0.25, 0.3) is 0 Å². The van der Waals surface area contributed by atoms with Crippen molar-refractivity contribution in [2.45, 2.75) is 19.4 Å². The van der Waals surface area contributed by atoms with E-state index >= 15 is 0 Å². The quantitative estimate of drug-likeness (QED) is 0.293. The number of hydrogen-bond donors (Lipinski definition) is 2. The average molecular weight is 359 g/mol. The number of Topliss-reactive ketones (excluding diaryl/α,β-unsaturated/α-hetero) is 1. The Morgan fingerprint density at radius 2 is 1.74 bits per heavy atom. The van der Waals surface area contributed by atoms with Crippen LogP contribution >= 0.6 is 0 Å². The zero-order valence-electron chi connectivity index (χ0n) is 15.0. The Morgan fingerprint density at radius 1 is 1.04 bits per heavy atom. The second-order valence-corrected chi connectivity index (χ2v) is 6.14. The molecular formula is C21H21N5O. The molecule has 0 aliphatic carbocycles. The van der Waals surface area contributed by atoms with Crippen LogP contribution < -0.4 is 11.2 Å². The van der Waals surface area contributed by atoms with Crippen LogP contribution in [0.2, 0.25) is 0 Å².